The van der Waals surface area contributed by atoms with Crippen molar-refractivity contribution in [1.29, 1.82) is 0 Å². The number of nitrogens with one attached hydrogen (secondary N) is 2. The molecule has 0 unspecified atom stereocenters. The number of amides is 3. The number of halogens is 1. The van der Waals surface area contributed by atoms with E-state index >= 15 is 0 Å². The first-order valence-corrected chi connectivity index (χ1v) is 12.2. The highest BCUT2D eigenvalue weighted by Gasteiger charge is 2.23. The maximum absolute atomic E-state index is 13.1. The number of rotatable bonds is 6. The van der Waals surface area contributed by atoms with Gasteiger partial charge in [-0.2, -0.15) is 5.10 Å². The highest BCUT2D eigenvalue weighted by molar-refractivity contribution is 6.30. The monoisotopic (exact) mass is 503 g/mol. The molecule has 0 aliphatic heterocycles. The van der Waals surface area contributed by atoms with Gasteiger partial charge in [0.2, 0.25) is 5.91 Å². The molecular formula is C28H30ClN5O2. The topological polar surface area (TPSA) is 79.3 Å². The number of anilines is 2. The summed E-state index contributed by atoms with van der Waals surface area (Å²) in [5.41, 5.74) is 2.08. The highest BCUT2D eigenvalue weighted by Crippen LogP contribution is 2.27. The minimum absolute atomic E-state index is 0.107. The number of nitrogens with zero attached hydrogens (tertiary/aromatic N) is 3. The van der Waals surface area contributed by atoms with Crippen LogP contribution in [-0.4, -0.2) is 39.7 Å². The van der Waals surface area contributed by atoms with Gasteiger partial charge in [-0.15, -0.1) is 0 Å². The number of benzene rings is 3. The van der Waals surface area contributed by atoms with Crippen molar-refractivity contribution in [1.82, 2.24) is 14.7 Å². The number of urea groups is 1. The molecule has 0 atom stereocenters. The lowest BCUT2D eigenvalue weighted by Gasteiger charge is -2.21. The van der Waals surface area contributed by atoms with Crippen LogP contribution >= 0.6 is 11.6 Å². The van der Waals surface area contributed by atoms with Crippen molar-refractivity contribution >= 4 is 45.8 Å². The van der Waals surface area contributed by atoms with Gasteiger partial charge >= 0.3 is 6.03 Å². The summed E-state index contributed by atoms with van der Waals surface area (Å²) >= 11 is 6.05. The van der Waals surface area contributed by atoms with Gasteiger partial charge in [-0.25, -0.2) is 9.48 Å². The average Bonchev–Trinajstić information content (AvgIpc) is 3.27. The lowest BCUT2D eigenvalue weighted by Crippen LogP contribution is -2.40. The molecule has 0 bridgehead atoms. The van der Waals surface area contributed by atoms with Gasteiger partial charge < -0.3 is 15.5 Å². The second kappa shape index (κ2) is 10.4. The molecule has 3 amide bonds. The molecule has 1 heterocycles. The normalized spacial score (nSPS) is 11.4. The van der Waals surface area contributed by atoms with Crippen LogP contribution in [0.3, 0.4) is 0 Å². The molecule has 0 saturated carbocycles. The van der Waals surface area contributed by atoms with Crippen LogP contribution in [0.2, 0.25) is 5.02 Å². The molecule has 0 radical (unpaired) electrons. The van der Waals surface area contributed by atoms with Crippen molar-refractivity contribution in [2.75, 3.05) is 23.7 Å². The van der Waals surface area contributed by atoms with Gasteiger partial charge in [0.15, 0.2) is 0 Å². The van der Waals surface area contributed by atoms with Crippen LogP contribution in [0.15, 0.2) is 72.8 Å². The molecule has 4 aromatic rings. The fraction of sp³-hybridized carbons (Fsp3) is 0.250. The molecule has 0 saturated heterocycles. The summed E-state index contributed by atoms with van der Waals surface area (Å²) in [5, 5.41) is 13.2. The zero-order valence-corrected chi connectivity index (χ0v) is 21.6. The Balaban J connectivity index is 1.52. The molecule has 0 aliphatic carbocycles. The van der Waals surface area contributed by atoms with Gasteiger partial charge in [0, 0.05) is 28.4 Å². The van der Waals surface area contributed by atoms with Crippen LogP contribution in [0.4, 0.5) is 16.3 Å². The van der Waals surface area contributed by atoms with E-state index in [0.29, 0.717) is 23.1 Å². The van der Waals surface area contributed by atoms with Gasteiger partial charge in [-0.1, -0.05) is 68.8 Å². The Hall–Kier alpha value is -3.84. The summed E-state index contributed by atoms with van der Waals surface area (Å²) in [4.78, 5) is 27.6. The Morgan fingerprint density at radius 2 is 1.67 bits per heavy atom. The molecule has 36 heavy (non-hydrogen) atoms. The molecule has 1 aromatic heterocycles. The maximum atomic E-state index is 13.1. The Labute approximate surface area is 216 Å². The summed E-state index contributed by atoms with van der Waals surface area (Å²) in [6, 6.07) is 22.3. The van der Waals surface area contributed by atoms with Crippen LogP contribution < -0.4 is 10.6 Å². The second-order valence-electron chi connectivity index (χ2n) is 9.57. The minimum Gasteiger partial charge on any atom is -0.315 e. The van der Waals surface area contributed by atoms with Crippen molar-refractivity contribution in [3.63, 3.8) is 0 Å². The minimum atomic E-state index is -0.342. The molecule has 186 valence electrons. The molecule has 0 fully saturated rings. The standard InChI is InChI=1S/C28H30ClN5O2/c1-5-33(27(36)30-23-12-8-10-19-9-6-7-11-22(19)23)18-26(35)31-25-17-24(28(2,3)4)32-34(25)21-15-13-20(29)14-16-21/h6-17H,5,18H2,1-4H3,(H,30,36)(H,31,35). The van der Waals surface area contributed by atoms with Crippen LogP contribution in [0.25, 0.3) is 16.5 Å². The number of likely N-dealkylation sites (N-methyl/N-ethyl adjacent to an activating group) is 1. The van der Waals surface area contributed by atoms with Crippen LogP contribution in [-0.2, 0) is 10.2 Å². The van der Waals surface area contributed by atoms with Crippen LogP contribution in [0, 0.1) is 0 Å². The van der Waals surface area contributed by atoms with Crippen LogP contribution in [0.5, 0.6) is 0 Å². The number of carbonyl (C=O) groups is 2. The van der Waals surface area contributed by atoms with Crippen molar-refractivity contribution in [2.45, 2.75) is 33.1 Å². The zero-order valence-electron chi connectivity index (χ0n) is 20.9. The molecule has 0 aliphatic rings. The molecular weight excluding hydrogens is 474 g/mol. The molecule has 2 N–H and O–H groups in total. The van der Waals surface area contributed by atoms with Gasteiger partial charge in [-0.3, -0.25) is 4.79 Å². The number of hydrogen-bond acceptors (Lipinski definition) is 3. The fourth-order valence-corrected chi connectivity index (χ4v) is 3.95. The van der Waals surface area contributed by atoms with E-state index < -0.39 is 0 Å². The van der Waals surface area contributed by atoms with Crippen molar-refractivity contribution in [3.05, 3.63) is 83.5 Å². The summed E-state index contributed by atoms with van der Waals surface area (Å²) in [7, 11) is 0. The molecule has 0 spiro atoms. The first kappa shape index (κ1) is 25.3. The zero-order chi connectivity index (χ0) is 25.9. The van der Waals surface area contributed by atoms with Gasteiger partial charge in [-0.05, 0) is 42.6 Å². The Morgan fingerprint density at radius 1 is 0.972 bits per heavy atom. The number of aromatic nitrogens is 2. The molecule has 8 heteroatoms. The van der Waals surface area contributed by atoms with E-state index in [4.69, 9.17) is 16.7 Å². The summed E-state index contributed by atoms with van der Waals surface area (Å²) in [6.45, 7) is 8.28. The third-order valence-electron chi connectivity index (χ3n) is 5.85. The average molecular weight is 504 g/mol. The Bertz CT molecular complexity index is 1380. The van der Waals surface area contributed by atoms with E-state index in [-0.39, 0.29) is 23.9 Å². The van der Waals surface area contributed by atoms with Gasteiger partial charge in [0.25, 0.3) is 0 Å². The van der Waals surface area contributed by atoms with Crippen molar-refractivity contribution < 1.29 is 9.59 Å². The van der Waals surface area contributed by atoms with E-state index in [1.54, 1.807) is 16.8 Å². The van der Waals surface area contributed by atoms with E-state index in [0.717, 1.165) is 22.2 Å². The first-order valence-electron chi connectivity index (χ1n) is 11.9. The van der Waals surface area contributed by atoms with Gasteiger partial charge in [0.05, 0.1) is 17.1 Å². The smallest absolute Gasteiger partial charge is 0.315 e. The van der Waals surface area contributed by atoms with E-state index in [9.17, 15) is 9.59 Å². The van der Waals surface area contributed by atoms with Crippen molar-refractivity contribution in [3.8, 4) is 5.69 Å². The fourth-order valence-electron chi connectivity index (χ4n) is 3.83. The summed E-state index contributed by atoms with van der Waals surface area (Å²) < 4.78 is 1.68. The predicted molar refractivity (Wildman–Crippen MR) is 146 cm³/mol. The third kappa shape index (κ3) is 5.69. The quantitative estimate of drug-likeness (QED) is 0.316. The first-order chi connectivity index (χ1) is 17.2. The van der Waals surface area contributed by atoms with E-state index in [1.807, 2.05) is 67.6 Å². The predicted octanol–water partition coefficient (Wildman–Crippen LogP) is 6.47. The lowest BCUT2D eigenvalue weighted by molar-refractivity contribution is -0.116. The van der Waals surface area contributed by atoms with E-state index in [2.05, 4.69) is 31.4 Å². The lowest BCUT2D eigenvalue weighted by atomic mass is 9.92. The molecule has 3 aromatic carbocycles. The molecule has 7 nitrogen and oxygen atoms in total. The van der Waals surface area contributed by atoms with E-state index in [1.165, 1.54) is 4.90 Å². The van der Waals surface area contributed by atoms with Crippen LogP contribution in [0.1, 0.15) is 33.4 Å². The third-order valence-corrected chi connectivity index (χ3v) is 6.10. The second-order valence-corrected chi connectivity index (χ2v) is 10.0. The maximum Gasteiger partial charge on any atom is 0.322 e. The SMILES string of the molecule is CCN(CC(=O)Nc1cc(C(C)(C)C)nn1-c1ccc(Cl)cc1)C(=O)Nc1cccc2ccccc12. The Kier molecular flexibility index (Phi) is 7.31. The molecule has 4 rings (SSSR count). The highest BCUT2D eigenvalue weighted by atomic mass is 35.5. The number of fused-ring (bicyclic) bond motifs is 1. The van der Waals surface area contributed by atoms with Gasteiger partial charge in [0.1, 0.15) is 12.4 Å². The largest absolute Gasteiger partial charge is 0.322 e. The summed E-state index contributed by atoms with van der Waals surface area (Å²) in [5.74, 6) is 0.207. The van der Waals surface area contributed by atoms with Crippen molar-refractivity contribution in [2.24, 2.45) is 0 Å². The summed E-state index contributed by atoms with van der Waals surface area (Å²) in [6.07, 6.45) is 0. The number of carbonyl (C=O) groups excluding carboxylic acids is 2. The Morgan fingerprint density at radius 3 is 2.36 bits per heavy atom. The number of hydrogen-bond donors (Lipinski definition) is 2.